The molecule has 114 valence electrons. The minimum Gasteiger partial charge on any atom is -0.472 e. The molecule has 2 aromatic rings. The van der Waals surface area contributed by atoms with Gasteiger partial charge in [0, 0.05) is 24.2 Å². The summed E-state index contributed by atoms with van der Waals surface area (Å²) in [6.07, 6.45) is 9.57. The van der Waals surface area contributed by atoms with Gasteiger partial charge in [-0.2, -0.15) is 0 Å². The first kappa shape index (κ1) is 14.6. The monoisotopic (exact) mass is 300 g/mol. The number of rotatable bonds is 4. The van der Waals surface area contributed by atoms with E-state index in [4.69, 9.17) is 10.1 Å². The minimum atomic E-state index is -0.507. The van der Waals surface area contributed by atoms with E-state index in [1.165, 1.54) is 24.9 Å². The van der Waals surface area contributed by atoms with E-state index in [2.05, 4.69) is 15.0 Å². The molecule has 0 aliphatic heterocycles. The summed E-state index contributed by atoms with van der Waals surface area (Å²) in [6, 6.07) is 2.94. The maximum absolute atomic E-state index is 14.2. The summed E-state index contributed by atoms with van der Waals surface area (Å²) in [4.78, 5) is 12.3. The van der Waals surface area contributed by atoms with E-state index < -0.39 is 5.82 Å². The molecule has 0 unspecified atom stereocenters. The summed E-state index contributed by atoms with van der Waals surface area (Å²) >= 11 is 0. The third-order valence-electron chi connectivity index (χ3n) is 3.72. The van der Waals surface area contributed by atoms with Gasteiger partial charge in [-0.3, -0.25) is 0 Å². The van der Waals surface area contributed by atoms with Crippen LogP contribution in [-0.4, -0.2) is 27.3 Å². The van der Waals surface area contributed by atoms with Crippen LogP contribution in [0.4, 0.5) is 4.39 Å². The van der Waals surface area contributed by atoms with Crippen molar-refractivity contribution in [3.8, 4) is 17.3 Å². The van der Waals surface area contributed by atoms with E-state index in [-0.39, 0.29) is 12.0 Å². The van der Waals surface area contributed by atoms with E-state index in [0.717, 1.165) is 31.9 Å². The van der Waals surface area contributed by atoms with Crippen molar-refractivity contribution in [2.24, 2.45) is 0 Å². The molecule has 0 atom stereocenters. The lowest BCUT2D eigenvalue weighted by molar-refractivity contribution is 0.142. The van der Waals surface area contributed by atoms with Gasteiger partial charge < -0.3 is 10.1 Å². The van der Waals surface area contributed by atoms with Gasteiger partial charge in [0.05, 0.1) is 5.69 Å². The molecule has 3 rings (SSSR count). The Morgan fingerprint density at radius 1 is 1.23 bits per heavy atom. The number of ether oxygens (including phenoxy) is 1. The van der Waals surface area contributed by atoms with Gasteiger partial charge in [0.15, 0.2) is 11.6 Å². The number of aromatic nitrogens is 3. The zero-order valence-corrected chi connectivity index (χ0v) is 12.1. The van der Waals surface area contributed by atoms with Gasteiger partial charge in [0.25, 0.3) is 5.88 Å². The standard InChI is InChI=1S/C16H17FN4O/c17-14-8-11(15-19-7-6-12(9-18)21-15)10-20-16(14)22-13-4-2-1-3-5-13/h6-10,13,18H,1-5H2. The molecular weight excluding hydrogens is 283 g/mol. The van der Waals surface area contributed by atoms with Crippen LogP contribution in [0.5, 0.6) is 5.88 Å². The lowest BCUT2D eigenvalue weighted by atomic mass is 9.98. The second-order valence-electron chi connectivity index (χ2n) is 5.34. The van der Waals surface area contributed by atoms with Crippen molar-refractivity contribution in [3.63, 3.8) is 0 Å². The van der Waals surface area contributed by atoms with Gasteiger partial charge in [0.2, 0.25) is 0 Å². The van der Waals surface area contributed by atoms with Crippen LogP contribution in [-0.2, 0) is 0 Å². The highest BCUT2D eigenvalue weighted by Crippen LogP contribution is 2.25. The summed E-state index contributed by atoms with van der Waals surface area (Å²) in [5.74, 6) is -0.123. The summed E-state index contributed by atoms with van der Waals surface area (Å²) in [7, 11) is 0. The zero-order valence-electron chi connectivity index (χ0n) is 12.1. The number of pyridine rings is 1. The van der Waals surface area contributed by atoms with E-state index in [1.54, 1.807) is 6.07 Å². The molecule has 0 spiro atoms. The van der Waals surface area contributed by atoms with Crippen LogP contribution in [0.2, 0.25) is 0 Å². The first-order chi connectivity index (χ1) is 10.8. The molecule has 0 radical (unpaired) electrons. The van der Waals surface area contributed by atoms with Gasteiger partial charge in [-0.15, -0.1) is 0 Å². The van der Waals surface area contributed by atoms with E-state index in [1.807, 2.05) is 0 Å². The fourth-order valence-corrected chi connectivity index (χ4v) is 2.57. The Morgan fingerprint density at radius 2 is 2.05 bits per heavy atom. The molecule has 0 bridgehead atoms. The molecule has 1 fully saturated rings. The van der Waals surface area contributed by atoms with Gasteiger partial charge in [-0.05, 0) is 37.8 Å². The molecule has 5 nitrogen and oxygen atoms in total. The summed E-state index contributed by atoms with van der Waals surface area (Å²) in [6.45, 7) is 0. The number of nitrogens with zero attached hydrogens (tertiary/aromatic N) is 3. The van der Waals surface area contributed by atoms with Crippen molar-refractivity contribution < 1.29 is 9.13 Å². The Labute approximate surface area is 128 Å². The summed E-state index contributed by atoms with van der Waals surface area (Å²) < 4.78 is 19.8. The van der Waals surface area contributed by atoms with Crippen molar-refractivity contribution in [2.75, 3.05) is 0 Å². The molecular formula is C16H17FN4O. The van der Waals surface area contributed by atoms with Crippen LogP contribution >= 0.6 is 0 Å². The molecule has 1 aliphatic rings. The van der Waals surface area contributed by atoms with Crippen LogP contribution in [0, 0.1) is 11.2 Å². The zero-order chi connectivity index (χ0) is 15.4. The van der Waals surface area contributed by atoms with Crippen molar-refractivity contribution in [3.05, 3.63) is 36.0 Å². The van der Waals surface area contributed by atoms with Crippen LogP contribution in [0.1, 0.15) is 37.8 Å². The number of halogens is 1. The average molecular weight is 300 g/mol. The van der Waals surface area contributed by atoms with E-state index in [0.29, 0.717) is 17.1 Å². The third kappa shape index (κ3) is 3.27. The van der Waals surface area contributed by atoms with E-state index >= 15 is 0 Å². The van der Waals surface area contributed by atoms with Crippen molar-refractivity contribution in [1.29, 1.82) is 5.41 Å². The third-order valence-corrected chi connectivity index (χ3v) is 3.72. The smallest absolute Gasteiger partial charge is 0.250 e. The molecule has 0 saturated heterocycles. The highest BCUT2D eigenvalue weighted by atomic mass is 19.1. The second kappa shape index (κ2) is 6.60. The van der Waals surface area contributed by atoms with Crippen molar-refractivity contribution in [1.82, 2.24) is 15.0 Å². The first-order valence-corrected chi connectivity index (χ1v) is 7.42. The average Bonchev–Trinajstić information content (AvgIpc) is 2.58. The van der Waals surface area contributed by atoms with Crippen LogP contribution in [0.15, 0.2) is 24.5 Å². The normalized spacial score (nSPS) is 15.5. The number of hydrogen-bond acceptors (Lipinski definition) is 5. The Balaban J connectivity index is 1.80. The van der Waals surface area contributed by atoms with Gasteiger partial charge in [0.1, 0.15) is 6.10 Å². The van der Waals surface area contributed by atoms with Crippen LogP contribution in [0.25, 0.3) is 11.4 Å². The van der Waals surface area contributed by atoms with Gasteiger partial charge >= 0.3 is 0 Å². The molecule has 0 amide bonds. The fraction of sp³-hybridized carbons (Fsp3) is 0.375. The van der Waals surface area contributed by atoms with Crippen molar-refractivity contribution >= 4 is 6.21 Å². The highest BCUT2D eigenvalue weighted by molar-refractivity contribution is 5.74. The Hall–Kier alpha value is -2.37. The van der Waals surface area contributed by atoms with E-state index in [9.17, 15) is 4.39 Å². The highest BCUT2D eigenvalue weighted by Gasteiger charge is 2.18. The SMILES string of the molecule is N=Cc1ccnc(-c2cnc(OC3CCCCC3)c(F)c2)n1. The molecule has 1 aliphatic carbocycles. The topological polar surface area (TPSA) is 71.8 Å². The Bertz CT molecular complexity index is 671. The Morgan fingerprint density at radius 3 is 2.77 bits per heavy atom. The lowest BCUT2D eigenvalue weighted by Gasteiger charge is -2.22. The molecule has 1 N–H and O–H groups in total. The number of hydrogen-bond donors (Lipinski definition) is 1. The largest absolute Gasteiger partial charge is 0.472 e. The maximum Gasteiger partial charge on any atom is 0.250 e. The fourth-order valence-electron chi connectivity index (χ4n) is 2.57. The van der Waals surface area contributed by atoms with Gasteiger partial charge in [-0.1, -0.05) is 6.42 Å². The van der Waals surface area contributed by atoms with Gasteiger partial charge in [-0.25, -0.2) is 19.3 Å². The Kier molecular flexibility index (Phi) is 4.37. The molecule has 2 heterocycles. The molecule has 0 aromatic carbocycles. The molecule has 6 heteroatoms. The molecule has 1 saturated carbocycles. The second-order valence-corrected chi connectivity index (χ2v) is 5.34. The molecule has 22 heavy (non-hydrogen) atoms. The lowest BCUT2D eigenvalue weighted by Crippen LogP contribution is -2.20. The minimum absolute atomic E-state index is 0.0406. The first-order valence-electron chi connectivity index (χ1n) is 7.42. The predicted molar refractivity (Wildman–Crippen MR) is 80.6 cm³/mol. The summed E-state index contributed by atoms with van der Waals surface area (Å²) in [5.41, 5.74) is 0.935. The quantitative estimate of drug-likeness (QED) is 0.879. The van der Waals surface area contributed by atoms with Crippen LogP contribution < -0.4 is 4.74 Å². The maximum atomic E-state index is 14.2. The van der Waals surface area contributed by atoms with Crippen LogP contribution in [0.3, 0.4) is 0 Å². The molecule has 2 aromatic heterocycles. The summed E-state index contributed by atoms with van der Waals surface area (Å²) in [5, 5.41) is 7.20. The van der Waals surface area contributed by atoms with Crippen molar-refractivity contribution in [2.45, 2.75) is 38.2 Å². The number of nitrogens with one attached hydrogen (secondary N) is 1. The predicted octanol–water partition coefficient (Wildman–Crippen LogP) is 3.39.